The van der Waals surface area contributed by atoms with Gasteiger partial charge in [0.25, 0.3) is 0 Å². The van der Waals surface area contributed by atoms with Crippen LogP contribution in [-0.4, -0.2) is 11.5 Å². The maximum absolute atomic E-state index is 12.7. The van der Waals surface area contributed by atoms with E-state index in [0.29, 0.717) is 0 Å². The average molecular weight is 222 g/mol. The highest BCUT2D eigenvalue weighted by Gasteiger charge is 2.32. The first kappa shape index (κ1) is 11.5. The van der Waals surface area contributed by atoms with Gasteiger partial charge in [-0.1, -0.05) is 13.8 Å². The second kappa shape index (κ2) is 4.91. The Bertz CT molecular complexity index is 336. The lowest BCUT2D eigenvalue weighted by atomic mass is 10.1. The maximum Gasteiger partial charge on any atom is 0.141 e. The summed E-state index contributed by atoms with van der Waals surface area (Å²) < 4.78 is 12.7. The van der Waals surface area contributed by atoms with Crippen molar-refractivity contribution < 1.29 is 4.39 Å². The van der Waals surface area contributed by atoms with Crippen LogP contribution in [0.2, 0.25) is 0 Å². The average Bonchev–Trinajstić information content (AvgIpc) is 2.98. The Kier molecular flexibility index (Phi) is 3.54. The van der Waals surface area contributed by atoms with Crippen LogP contribution in [0.1, 0.15) is 38.4 Å². The fraction of sp³-hybridized carbons (Fsp3) is 0.615. The van der Waals surface area contributed by atoms with E-state index < -0.39 is 0 Å². The summed E-state index contributed by atoms with van der Waals surface area (Å²) >= 11 is 0. The van der Waals surface area contributed by atoms with Crippen molar-refractivity contribution in [2.75, 3.05) is 6.54 Å². The second-order valence-corrected chi connectivity index (χ2v) is 4.74. The molecule has 1 aromatic heterocycles. The smallest absolute Gasteiger partial charge is 0.141 e. The normalized spacial score (nSPS) is 25.4. The number of aromatic nitrogens is 1. The third-order valence-electron chi connectivity index (χ3n) is 3.42. The van der Waals surface area contributed by atoms with Gasteiger partial charge in [0.15, 0.2) is 0 Å². The van der Waals surface area contributed by atoms with E-state index in [-0.39, 0.29) is 11.9 Å². The van der Waals surface area contributed by atoms with Gasteiger partial charge in [0.1, 0.15) is 5.82 Å². The van der Waals surface area contributed by atoms with Gasteiger partial charge in [-0.15, -0.1) is 0 Å². The van der Waals surface area contributed by atoms with E-state index >= 15 is 0 Å². The van der Waals surface area contributed by atoms with E-state index in [0.717, 1.165) is 30.5 Å². The molecule has 0 radical (unpaired) electrons. The van der Waals surface area contributed by atoms with Crippen LogP contribution in [0.3, 0.4) is 0 Å². The molecule has 0 bridgehead atoms. The Morgan fingerprint density at radius 2 is 2.31 bits per heavy atom. The number of hydrogen-bond acceptors (Lipinski definition) is 2. The lowest BCUT2D eigenvalue weighted by Crippen LogP contribution is -2.24. The summed E-state index contributed by atoms with van der Waals surface area (Å²) in [6.07, 6.45) is 3.61. The van der Waals surface area contributed by atoms with Crippen LogP contribution in [0, 0.1) is 17.7 Å². The van der Waals surface area contributed by atoms with Gasteiger partial charge in [-0.2, -0.15) is 0 Å². The molecule has 88 valence electrons. The molecule has 16 heavy (non-hydrogen) atoms. The van der Waals surface area contributed by atoms with Gasteiger partial charge in [-0.25, -0.2) is 4.39 Å². The minimum atomic E-state index is -0.269. The lowest BCUT2D eigenvalue weighted by molar-refractivity contribution is 0.482. The molecule has 2 rings (SSSR count). The van der Waals surface area contributed by atoms with Crippen molar-refractivity contribution in [3.63, 3.8) is 0 Å². The molecule has 1 aliphatic carbocycles. The van der Waals surface area contributed by atoms with E-state index in [2.05, 4.69) is 24.1 Å². The Hall–Kier alpha value is -0.960. The van der Waals surface area contributed by atoms with Crippen LogP contribution in [0.4, 0.5) is 4.39 Å². The van der Waals surface area contributed by atoms with Crippen LogP contribution >= 0.6 is 0 Å². The summed E-state index contributed by atoms with van der Waals surface area (Å²) in [6, 6.07) is 3.51. The first-order valence-corrected chi connectivity index (χ1v) is 6.05. The van der Waals surface area contributed by atoms with Crippen LogP contribution in [0.15, 0.2) is 18.3 Å². The van der Waals surface area contributed by atoms with Crippen LogP contribution < -0.4 is 5.32 Å². The molecule has 3 atom stereocenters. The maximum atomic E-state index is 12.7. The zero-order valence-corrected chi connectivity index (χ0v) is 9.91. The number of nitrogens with zero attached hydrogens (tertiary/aromatic N) is 1. The van der Waals surface area contributed by atoms with Crippen molar-refractivity contribution in [3.05, 3.63) is 29.8 Å². The summed E-state index contributed by atoms with van der Waals surface area (Å²) in [4.78, 5) is 4.13. The summed E-state index contributed by atoms with van der Waals surface area (Å²) in [6.45, 7) is 5.46. The van der Waals surface area contributed by atoms with E-state index in [1.807, 2.05) is 0 Å². The van der Waals surface area contributed by atoms with Crippen LogP contribution in [0.5, 0.6) is 0 Å². The number of nitrogens with one attached hydrogen (secondary N) is 1. The molecule has 0 saturated heterocycles. The van der Waals surface area contributed by atoms with Crippen LogP contribution in [0.25, 0.3) is 0 Å². The lowest BCUT2D eigenvalue weighted by Gasteiger charge is -2.16. The molecule has 0 amide bonds. The van der Waals surface area contributed by atoms with E-state index in [9.17, 15) is 4.39 Å². The SMILES string of the molecule is CCC(NCC1CC1C)c1ccc(F)cn1. The van der Waals surface area contributed by atoms with Crippen molar-refractivity contribution in [1.82, 2.24) is 10.3 Å². The Balaban J connectivity index is 1.90. The molecule has 0 spiro atoms. The van der Waals surface area contributed by atoms with Gasteiger partial charge in [-0.3, -0.25) is 4.98 Å². The number of rotatable bonds is 5. The number of hydrogen-bond donors (Lipinski definition) is 1. The van der Waals surface area contributed by atoms with Crippen molar-refractivity contribution in [2.45, 2.75) is 32.7 Å². The molecule has 2 nitrogen and oxygen atoms in total. The molecular weight excluding hydrogens is 203 g/mol. The predicted octanol–water partition coefficient (Wildman–Crippen LogP) is 2.92. The molecule has 1 fully saturated rings. The molecule has 3 unspecified atom stereocenters. The summed E-state index contributed by atoms with van der Waals surface area (Å²) in [7, 11) is 0. The molecular formula is C13H19FN2. The van der Waals surface area contributed by atoms with Gasteiger partial charge in [0.05, 0.1) is 11.9 Å². The minimum Gasteiger partial charge on any atom is -0.308 e. The third kappa shape index (κ3) is 2.79. The van der Waals surface area contributed by atoms with Gasteiger partial charge in [0.2, 0.25) is 0 Å². The van der Waals surface area contributed by atoms with Gasteiger partial charge >= 0.3 is 0 Å². The minimum absolute atomic E-state index is 0.258. The molecule has 0 aliphatic heterocycles. The zero-order valence-electron chi connectivity index (χ0n) is 9.91. The molecule has 3 heteroatoms. The molecule has 0 aromatic carbocycles. The summed E-state index contributed by atoms with van der Waals surface area (Å²) in [5.41, 5.74) is 0.942. The van der Waals surface area contributed by atoms with E-state index in [1.165, 1.54) is 18.7 Å². The van der Waals surface area contributed by atoms with E-state index in [4.69, 9.17) is 0 Å². The monoisotopic (exact) mass is 222 g/mol. The largest absolute Gasteiger partial charge is 0.308 e. The first-order valence-electron chi connectivity index (χ1n) is 6.05. The zero-order chi connectivity index (χ0) is 11.5. The van der Waals surface area contributed by atoms with E-state index in [1.54, 1.807) is 6.07 Å². The predicted molar refractivity (Wildman–Crippen MR) is 62.5 cm³/mol. The highest BCUT2D eigenvalue weighted by atomic mass is 19.1. The molecule has 1 saturated carbocycles. The van der Waals surface area contributed by atoms with Crippen molar-refractivity contribution in [3.8, 4) is 0 Å². The standard InChI is InChI=1S/C13H19FN2/c1-3-12(15-7-10-6-9(10)2)13-5-4-11(14)8-16-13/h4-5,8-10,12,15H,3,6-7H2,1-2H3. The van der Waals surface area contributed by atoms with Crippen molar-refractivity contribution >= 4 is 0 Å². The highest BCUT2D eigenvalue weighted by Crippen LogP contribution is 2.37. The Morgan fingerprint density at radius 3 is 2.81 bits per heavy atom. The molecule has 1 N–H and O–H groups in total. The van der Waals surface area contributed by atoms with Crippen molar-refractivity contribution in [1.29, 1.82) is 0 Å². The molecule has 1 heterocycles. The number of pyridine rings is 1. The summed E-state index contributed by atoms with van der Waals surface area (Å²) in [5.74, 6) is 1.43. The fourth-order valence-electron chi connectivity index (χ4n) is 2.03. The highest BCUT2D eigenvalue weighted by molar-refractivity contribution is 5.09. The summed E-state index contributed by atoms with van der Waals surface area (Å²) in [5, 5.41) is 3.51. The Morgan fingerprint density at radius 1 is 1.56 bits per heavy atom. The Labute approximate surface area is 96.3 Å². The second-order valence-electron chi connectivity index (χ2n) is 4.74. The third-order valence-corrected chi connectivity index (χ3v) is 3.42. The van der Waals surface area contributed by atoms with Gasteiger partial charge < -0.3 is 5.32 Å². The topological polar surface area (TPSA) is 24.9 Å². The quantitative estimate of drug-likeness (QED) is 0.828. The van der Waals surface area contributed by atoms with Crippen molar-refractivity contribution in [2.24, 2.45) is 11.8 Å². The van der Waals surface area contributed by atoms with Gasteiger partial charge in [-0.05, 0) is 43.4 Å². The number of halogens is 1. The van der Waals surface area contributed by atoms with Gasteiger partial charge in [0, 0.05) is 6.04 Å². The first-order chi connectivity index (χ1) is 7.70. The molecule has 1 aliphatic rings. The van der Waals surface area contributed by atoms with Crippen LogP contribution in [-0.2, 0) is 0 Å². The fourth-order valence-corrected chi connectivity index (χ4v) is 2.03. The molecule has 1 aromatic rings.